The maximum atomic E-state index is 12.4. The second-order valence-corrected chi connectivity index (χ2v) is 6.69. The van der Waals surface area contributed by atoms with Crippen LogP contribution < -0.4 is 5.32 Å². The number of carbonyl (C=O) groups is 2. The number of nitrogens with zero attached hydrogens (tertiary/aromatic N) is 3. The van der Waals surface area contributed by atoms with E-state index in [0.29, 0.717) is 37.7 Å². The summed E-state index contributed by atoms with van der Waals surface area (Å²) < 4.78 is 0. The summed E-state index contributed by atoms with van der Waals surface area (Å²) in [4.78, 5) is 28.4. The maximum Gasteiger partial charge on any atom is 0.319 e. The number of H-pyrrole nitrogens is 1. The van der Waals surface area contributed by atoms with Gasteiger partial charge in [-0.25, -0.2) is 4.79 Å². The van der Waals surface area contributed by atoms with E-state index in [0.717, 1.165) is 18.8 Å². The molecule has 3 amide bonds. The smallest absolute Gasteiger partial charge is 0.319 e. The number of aromatic nitrogens is 2. The standard InChI is InChI=1S/C17H27N5O2/c1-3-21(4-2)17(24)22-9-7-13(8-10-22)16(23)18-15-11-14(19-20-15)12-5-6-12/h11-13H,3-10H2,1-2H3,(H2,18,19,20,23). The third-order valence-electron chi connectivity index (χ3n) is 5.04. The summed E-state index contributed by atoms with van der Waals surface area (Å²) in [5, 5.41) is 10.1. The highest BCUT2D eigenvalue weighted by atomic mass is 16.2. The predicted molar refractivity (Wildman–Crippen MR) is 91.8 cm³/mol. The van der Waals surface area contributed by atoms with Gasteiger partial charge in [0.05, 0.1) is 0 Å². The van der Waals surface area contributed by atoms with Crippen LogP contribution in [0.5, 0.6) is 0 Å². The van der Waals surface area contributed by atoms with Gasteiger partial charge in [-0.3, -0.25) is 9.89 Å². The second kappa shape index (κ2) is 7.23. The van der Waals surface area contributed by atoms with Gasteiger partial charge in [-0.05, 0) is 39.5 Å². The summed E-state index contributed by atoms with van der Waals surface area (Å²) in [6.45, 7) is 6.70. The van der Waals surface area contributed by atoms with Crippen LogP contribution in [0.1, 0.15) is 51.1 Å². The number of hydrogen-bond acceptors (Lipinski definition) is 3. The predicted octanol–water partition coefficient (Wildman–Crippen LogP) is 2.40. The minimum absolute atomic E-state index is 0.0128. The summed E-state index contributed by atoms with van der Waals surface area (Å²) >= 11 is 0. The van der Waals surface area contributed by atoms with Gasteiger partial charge in [0, 0.05) is 49.8 Å². The van der Waals surface area contributed by atoms with E-state index in [1.54, 1.807) is 0 Å². The first kappa shape index (κ1) is 16.8. The highest BCUT2D eigenvalue weighted by Crippen LogP contribution is 2.39. The third-order valence-corrected chi connectivity index (χ3v) is 5.04. The largest absolute Gasteiger partial charge is 0.325 e. The molecule has 0 bridgehead atoms. The van der Waals surface area contributed by atoms with E-state index in [9.17, 15) is 9.59 Å². The number of carbonyl (C=O) groups excluding carboxylic acids is 2. The SMILES string of the molecule is CCN(CC)C(=O)N1CCC(C(=O)Nc2cc(C3CC3)[nH]n2)CC1. The van der Waals surface area contributed by atoms with Gasteiger partial charge < -0.3 is 15.1 Å². The fraction of sp³-hybridized carbons (Fsp3) is 0.706. The first-order valence-corrected chi connectivity index (χ1v) is 9.02. The summed E-state index contributed by atoms with van der Waals surface area (Å²) in [5.74, 6) is 1.17. The lowest BCUT2D eigenvalue weighted by Crippen LogP contribution is -2.47. The van der Waals surface area contributed by atoms with Crippen molar-refractivity contribution in [3.63, 3.8) is 0 Å². The molecule has 0 atom stereocenters. The Labute approximate surface area is 142 Å². The lowest BCUT2D eigenvalue weighted by molar-refractivity contribution is -0.121. The van der Waals surface area contributed by atoms with E-state index in [1.807, 2.05) is 29.7 Å². The van der Waals surface area contributed by atoms with Crippen LogP contribution in [0.3, 0.4) is 0 Å². The molecule has 0 radical (unpaired) electrons. The van der Waals surface area contributed by atoms with E-state index < -0.39 is 0 Å². The van der Waals surface area contributed by atoms with Crippen molar-refractivity contribution in [1.82, 2.24) is 20.0 Å². The number of nitrogens with one attached hydrogen (secondary N) is 2. The lowest BCUT2D eigenvalue weighted by Gasteiger charge is -2.34. The average Bonchev–Trinajstić information content (AvgIpc) is 3.36. The molecule has 1 aromatic rings. The molecule has 1 aliphatic heterocycles. The van der Waals surface area contributed by atoms with Crippen LogP contribution in [0.25, 0.3) is 0 Å². The first-order valence-electron chi connectivity index (χ1n) is 9.02. The van der Waals surface area contributed by atoms with Crippen LogP contribution >= 0.6 is 0 Å². The van der Waals surface area contributed by atoms with Crippen LogP contribution in [0.4, 0.5) is 10.6 Å². The highest BCUT2D eigenvalue weighted by molar-refractivity contribution is 5.92. The van der Waals surface area contributed by atoms with Crippen LogP contribution in [0, 0.1) is 5.92 Å². The van der Waals surface area contributed by atoms with Crippen LogP contribution in [-0.2, 0) is 4.79 Å². The fourth-order valence-electron chi connectivity index (χ4n) is 3.26. The zero-order chi connectivity index (χ0) is 17.1. The highest BCUT2D eigenvalue weighted by Gasteiger charge is 2.30. The van der Waals surface area contributed by atoms with E-state index in [-0.39, 0.29) is 17.9 Å². The van der Waals surface area contributed by atoms with Gasteiger partial charge >= 0.3 is 6.03 Å². The van der Waals surface area contributed by atoms with Gasteiger partial charge in [-0.1, -0.05) is 0 Å². The topological polar surface area (TPSA) is 81.3 Å². The van der Waals surface area contributed by atoms with Crippen molar-refractivity contribution in [2.75, 3.05) is 31.5 Å². The minimum Gasteiger partial charge on any atom is -0.325 e. The Kier molecular flexibility index (Phi) is 5.06. The molecule has 7 nitrogen and oxygen atoms in total. The van der Waals surface area contributed by atoms with Gasteiger partial charge in [-0.15, -0.1) is 0 Å². The van der Waals surface area contributed by atoms with Crippen molar-refractivity contribution in [2.45, 2.75) is 45.4 Å². The molecule has 0 unspecified atom stereocenters. The Morgan fingerprint density at radius 2 is 1.92 bits per heavy atom. The third kappa shape index (κ3) is 3.71. The average molecular weight is 333 g/mol. The number of aromatic amines is 1. The number of likely N-dealkylation sites (tertiary alicyclic amines) is 1. The molecule has 1 saturated heterocycles. The Morgan fingerprint density at radius 3 is 2.50 bits per heavy atom. The molecule has 24 heavy (non-hydrogen) atoms. The van der Waals surface area contributed by atoms with Crippen LogP contribution in [0.15, 0.2) is 6.07 Å². The summed E-state index contributed by atoms with van der Waals surface area (Å²) in [6.07, 6.45) is 3.82. The number of piperidine rings is 1. The molecular formula is C17H27N5O2. The Bertz CT molecular complexity index is 584. The van der Waals surface area contributed by atoms with Crippen molar-refractivity contribution < 1.29 is 9.59 Å². The van der Waals surface area contributed by atoms with Crippen molar-refractivity contribution >= 4 is 17.8 Å². The molecule has 1 saturated carbocycles. The van der Waals surface area contributed by atoms with Crippen molar-refractivity contribution in [2.24, 2.45) is 5.92 Å². The number of amides is 3. The number of rotatable bonds is 5. The zero-order valence-corrected chi connectivity index (χ0v) is 14.5. The summed E-state index contributed by atoms with van der Waals surface area (Å²) in [7, 11) is 0. The summed E-state index contributed by atoms with van der Waals surface area (Å²) in [6, 6.07) is 2.02. The number of hydrogen-bond donors (Lipinski definition) is 2. The Morgan fingerprint density at radius 1 is 1.25 bits per heavy atom. The fourth-order valence-corrected chi connectivity index (χ4v) is 3.26. The van der Waals surface area contributed by atoms with Gasteiger partial charge in [0.1, 0.15) is 0 Å². The molecule has 2 heterocycles. The van der Waals surface area contributed by atoms with Crippen LogP contribution in [-0.4, -0.2) is 58.1 Å². The number of urea groups is 1. The Balaban J connectivity index is 1.48. The molecule has 1 aliphatic carbocycles. The molecular weight excluding hydrogens is 306 g/mol. The van der Waals surface area contributed by atoms with E-state index in [4.69, 9.17) is 0 Å². The summed E-state index contributed by atoms with van der Waals surface area (Å²) in [5.41, 5.74) is 1.12. The lowest BCUT2D eigenvalue weighted by atomic mass is 9.96. The monoisotopic (exact) mass is 333 g/mol. The zero-order valence-electron chi connectivity index (χ0n) is 14.5. The molecule has 3 rings (SSSR count). The van der Waals surface area contributed by atoms with Crippen molar-refractivity contribution in [1.29, 1.82) is 0 Å². The van der Waals surface area contributed by atoms with Crippen LogP contribution in [0.2, 0.25) is 0 Å². The molecule has 1 aromatic heterocycles. The van der Waals surface area contributed by atoms with Gasteiger partial charge in [0.15, 0.2) is 5.82 Å². The van der Waals surface area contributed by atoms with Gasteiger partial charge in [0.2, 0.25) is 5.91 Å². The normalized spacial score (nSPS) is 18.5. The molecule has 2 N–H and O–H groups in total. The maximum absolute atomic E-state index is 12.4. The molecule has 132 valence electrons. The molecule has 0 aromatic carbocycles. The molecule has 0 spiro atoms. The second-order valence-electron chi connectivity index (χ2n) is 6.69. The molecule has 7 heteroatoms. The van der Waals surface area contributed by atoms with Gasteiger partial charge in [-0.2, -0.15) is 5.10 Å². The molecule has 2 aliphatic rings. The first-order chi connectivity index (χ1) is 11.6. The van der Waals surface area contributed by atoms with Gasteiger partial charge in [0.25, 0.3) is 0 Å². The van der Waals surface area contributed by atoms with Crippen molar-refractivity contribution in [3.05, 3.63) is 11.8 Å². The molecule has 2 fully saturated rings. The van der Waals surface area contributed by atoms with E-state index >= 15 is 0 Å². The number of anilines is 1. The van der Waals surface area contributed by atoms with E-state index in [1.165, 1.54) is 12.8 Å². The van der Waals surface area contributed by atoms with E-state index in [2.05, 4.69) is 15.5 Å². The minimum atomic E-state index is -0.0492. The van der Waals surface area contributed by atoms with Crippen molar-refractivity contribution in [3.8, 4) is 0 Å². The quantitative estimate of drug-likeness (QED) is 0.868. The Hall–Kier alpha value is -2.05.